The lowest BCUT2D eigenvalue weighted by Crippen LogP contribution is -2.01. The van der Waals surface area contributed by atoms with Crippen LogP contribution in [0.25, 0.3) is 111 Å². The molecule has 0 spiro atoms. The van der Waals surface area contributed by atoms with E-state index in [0.29, 0.717) is 22.5 Å². The molecule has 0 aliphatic carbocycles. The van der Waals surface area contributed by atoms with Gasteiger partial charge in [-0.05, 0) is 54.1 Å². The Morgan fingerprint density at radius 3 is 1.42 bits per heavy atom. The number of halogens is 1. The summed E-state index contributed by atoms with van der Waals surface area (Å²) in [5.74, 6) is 1.53. The second-order valence-electron chi connectivity index (χ2n) is 12.8. The molecule has 0 saturated carbocycles. The largest absolute Gasteiger partial charge is 0.456 e. The molecule has 0 aliphatic heterocycles. The Morgan fingerprint density at radius 2 is 0.808 bits per heavy atom. The zero-order valence-electron chi connectivity index (χ0n) is 27.3. The molecule has 7 aromatic carbocycles. The van der Waals surface area contributed by atoms with Gasteiger partial charge in [0.05, 0.1) is 0 Å². The smallest absolute Gasteiger partial charge is 0.164 e. The average Bonchev–Trinajstić information content (AvgIpc) is 3.89. The van der Waals surface area contributed by atoms with Crippen LogP contribution >= 0.6 is 11.6 Å². The molecular weight excluding hydrogens is 666 g/mol. The van der Waals surface area contributed by atoms with Gasteiger partial charge >= 0.3 is 0 Å². The van der Waals surface area contributed by atoms with Gasteiger partial charge in [0.2, 0.25) is 0 Å². The van der Waals surface area contributed by atoms with E-state index in [4.69, 9.17) is 39.8 Å². The summed E-state index contributed by atoms with van der Waals surface area (Å²) in [6.45, 7) is 0. The minimum atomic E-state index is 0.495. The van der Waals surface area contributed by atoms with E-state index in [0.717, 1.165) is 93.6 Å². The predicted octanol–water partition coefficient (Wildman–Crippen LogP) is 12.9. The Bertz CT molecular complexity index is 3100. The molecule has 4 heterocycles. The zero-order chi connectivity index (χ0) is 34.3. The van der Waals surface area contributed by atoms with Crippen molar-refractivity contribution < 1.29 is 13.3 Å². The minimum Gasteiger partial charge on any atom is -0.456 e. The maximum Gasteiger partial charge on any atom is 0.164 e. The third kappa shape index (κ3) is 4.35. The van der Waals surface area contributed by atoms with Crippen LogP contribution in [0.5, 0.6) is 0 Å². The summed E-state index contributed by atoms with van der Waals surface area (Å²) in [7, 11) is 0. The molecule has 0 saturated heterocycles. The number of furan rings is 3. The van der Waals surface area contributed by atoms with Crippen molar-refractivity contribution in [3.63, 3.8) is 0 Å². The van der Waals surface area contributed by atoms with Gasteiger partial charge in [-0.2, -0.15) is 0 Å². The number of rotatable bonds is 4. The Hall–Kier alpha value is -6.76. The lowest BCUT2D eigenvalue weighted by molar-refractivity contribution is 0.668. The van der Waals surface area contributed by atoms with E-state index >= 15 is 0 Å². The van der Waals surface area contributed by atoms with Crippen molar-refractivity contribution in [1.82, 2.24) is 15.0 Å². The monoisotopic (exact) mass is 689 g/mol. The molecule has 0 radical (unpaired) electrons. The first-order valence-corrected chi connectivity index (χ1v) is 17.3. The molecule has 11 aromatic rings. The highest BCUT2D eigenvalue weighted by molar-refractivity contribution is 6.31. The van der Waals surface area contributed by atoms with E-state index in [2.05, 4.69) is 30.3 Å². The molecule has 0 aliphatic rings. The molecule has 6 nitrogen and oxygen atoms in total. The van der Waals surface area contributed by atoms with Crippen molar-refractivity contribution >= 4 is 77.4 Å². The van der Waals surface area contributed by atoms with Crippen LogP contribution in [0, 0.1) is 0 Å². The van der Waals surface area contributed by atoms with Crippen molar-refractivity contribution in [1.29, 1.82) is 0 Å². The fourth-order valence-electron chi connectivity index (χ4n) is 7.55. The number of nitrogens with zero attached hydrogens (tertiary/aromatic N) is 3. The average molecular weight is 690 g/mol. The second-order valence-corrected chi connectivity index (χ2v) is 13.3. The predicted molar refractivity (Wildman–Crippen MR) is 208 cm³/mol. The Morgan fingerprint density at radius 1 is 0.346 bits per heavy atom. The lowest BCUT2D eigenvalue weighted by atomic mass is 9.97. The Labute approximate surface area is 300 Å². The van der Waals surface area contributed by atoms with Gasteiger partial charge in [-0.1, -0.05) is 109 Å². The van der Waals surface area contributed by atoms with Gasteiger partial charge in [0.25, 0.3) is 0 Å². The van der Waals surface area contributed by atoms with E-state index < -0.39 is 0 Å². The van der Waals surface area contributed by atoms with E-state index in [1.54, 1.807) is 0 Å². The van der Waals surface area contributed by atoms with Crippen LogP contribution < -0.4 is 0 Å². The van der Waals surface area contributed by atoms with Gasteiger partial charge in [-0.25, -0.2) is 15.0 Å². The molecular formula is C45H24ClN3O3. The summed E-state index contributed by atoms with van der Waals surface area (Å²) >= 11 is 6.75. The molecule has 0 fully saturated rings. The van der Waals surface area contributed by atoms with Crippen molar-refractivity contribution in [2.45, 2.75) is 0 Å². The molecule has 52 heavy (non-hydrogen) atoms. The van der Waals surface area contributed by atoms with Crippen LogP contribution in [0.1, 0.15) is 0 Å². The highest BCUT2D eigenvalue weighted by Gasteiger charge is 2.23. The number of fused-ring (bicyclic) bond motifs is 9. The molecule has 0 N–H and O–H groups in total. The minimum absolute atomic E-state index is 0.495. The normalized spacial score (nSPS) is 11.9. The first kappa shape index (κ1) is 29.0. The van der Waals surface area contributed by atoms with Crippen molar-refractivity contribution in [2.24, 2.45) is 0 Å². The van der Waals surface area contributed by atoms with Gasteiger partial charge in [0.1, 0.15) is 33.5 Å². The highest BCUT2D eigenvalue weighted by Crippen LogP contribution is 2.43. The summed E-state index contributed by atoms with van der Waals surface area (Å²) < 4.78 is 19.1. The van der Waals surface area contributed by atoms with Crippen LogP contribution in [0.2, 0.25) is 5.02 Å². The summed E-state index contributed by atoms with van der Waals surface area (Å²) in [4.78, 5) is 15.7. The van der Waals surface area contributed by atoms with Gasteiger partial charge in [-0.15, -0.1) is 0 Å². The first-order valence-electron chi connectivity index (χ1n) is 17.0. The SMILES string of the molecule is Clc1ccc(-c2nc(-c3cccc4oc5ccccc5c34)nc(-c3cccc4oc5ccccc5c34)n2)c(-c2cccc3c2oc2ccccc23)c1. The summed E-state index contributed by atoms with van der Waals surface area (Å²) in [5, 5.41) is 6.52. The van der Waals surface area contributed by atoms with Crippen molar-refractivity contribution in [3.8, 4) is 45.3 Å². The topological polar surface area (TPSA) is 78.1 Å². The van der Waals surface area contributed by atoms with E-state index in [-0.39, 0.29) is 0 Å². The second kappa shape index (κ2) is 11.1. The van der Waals surface area contributed by atoms with Gasteiger partial charge < -0.3 is 13.3 Å². The molecule has 11 rings (SSSR count). The highest BCUT2D eigenvalue weighted by atomic mass is 35.5. The quantitative estimate of drug-likeness (QED) is 0.183. The van der Waals surface area contributed by atoms with Crippen LogP contribution in [0.15, 0.2) is 159 Å². The fraction of sp³-hybridized carbons (Fsp3) is 0. The van der Waals surface area contributed by atoms with Gasteiger partial charge in [-0.3, -0.25) is 0 Å². The van der Waals surface area contributed by atoms with Crippen LogP contribution in [0.3, 0.4) is 0 Å². The molecule has 7 heteroatoms. The fourth-order valence-corrected chi connectivity index (χ4v) is 7.72. The van der Waals surface area contributed by atoms with Crippen LogP contribution in [0.4, 0.5) is 0 Å². The maximum atomic E-state index is 6.75. The van der Waals surface area contributed by atoms with Crippen molar-refractivity contribution in [2.75, 3.05) is 0 Å². The van der Waals surface area contributed by atoms with E-state index in [1.807, 2.05) is 115 Å². The van der Waals surface area contributed by atoms with Crippen LogP contribution in [-0.2, 0) is 0 Å². The standard InChI is InChI=1S/C45H24ClN3O3/c46-25-22-23-29(34(24-25)28-14-7-13-27-26-10-1-4-17-35(26)52-42(27)28)43-47-44(32-15-8-20-38-40(32)30-11-2-5-18-36(30)50-38)49-45(48-43)33-16-9-21-39-41(33)31-12-3-6-19-37(31)51-39/h1-24H. The molecule has 0 unspecified atom stereocenters. The Balaban J connectivity index is 1.23. The number of hydrogen-bond acceptors (Lipinski definition) is 6. The molecule has 0 bridgehead atoms. The van der Waals surface area contributed by atoms with E-state index in [1.165, 1.54) is 0 Å². The van der Waals surface area contributed by atoms with Crippen molar-refractivity contribution in [3.05, 3.63) is 151 Å². The van der Waals surface area contributed by atoms with E-state index in [9.17, 15) is 0 Å². The summed E-state index contributed by atoms with van der Waals surface area (Å²) in [6.07, 6.45) is 0. The Kier molecular flexibility index (Phi) is 6.21. The van der Waals surface area contributed by atoms with Gasteiger partial charge in [0, 0.05) is 59.6 Å². The lowest BCUT2D eigenvalue weighted by Gasteiger charge is -2.13. The molecule has 244 valence electrons. The maximum absolute atomic E-state index is 6.75. The molecule has 0 amide bonds. The molecule has 0 atom stereocenters. The third-order valence-corrected chi connectivity index (χ3v) is 10.1. The summed E-state index contributed by atoms with van der Waals surface area (Å²) in [5.41, 5.74) is 8.90. The van der Waals surface area contributed by atoms with Crippen LogP contribution in [-0.4, -0.2) is 15.0 Å². The number of benzene rings is 7. The number of aromatic nitrogens is 3. The summed E-state index contributed by atoms with van der Waals surface area (Å²) in [6, 6.07) is 48.1. The van der Waals surface area contributed by atoms with Gasteiger partial charge in [0.15, 0.2) is 17.5 Å². The number of hydrogen-bond donors (Lipinski definition) is 0. The third-order valence-electron chi connectivity index (χ3n) is 9.84. The zero-order valence-corrected chi connectivity index (χ0v) is 28.1. The number of para-hydroxylation sites is 4. The first-order chi connectivity index (χ1) is 25.7. The molecule has 4 aromatic heterocycles.